The van der Waals surface area contributed by atoms with E-state index in [1.165, 1.54) is 29.4 Å². The lowest BCUT2D eigenvalue weighted by Gasteiger charge is -2.31. The van der Waals surface area contributed by atoms with Gasteiger partial charge in [-0.1, -0.05) is 31.2 Å². The van der Waals surface area contributed by atoms with Crippen molar-refractivity contribution in [3.63, 3.8) is 0 Å². The number of aromatic nitrogens is 3. The molecule has 2 atom stereocenters. The van der Waals surface area contributed by atoms with Crippen molar-refractivity contribution in [2.75, 3.05) is 20.1 Å². The van der Waals surface area contributed by atoms with Crippen molar-refractivity contribution in [3.8, 4) is 0 Å². The maximum absolute atomic E-state index is 13.3. The number of alkyl halides is 3. The normalized spacial score (nSPS) is 20.0. The fourth-order valence-electron chi connectivity index (χ4n) is 5.66. The van der Waals surface area contributed by atoms with E-state index in [1.807, 2.05) is 24.6 Å². The molecule has 1 aromatic carbocycles. The molecule has 1 aliphatic carbocycles. The number of hydrogen-bond donors (Lipinski definition) is 0. The fourth-order valence-corrected chi connectivity index (χ4v) is 6.62. The lowest BCUT2D eigenvalue weighted by Crippen LogP contribution is -2.40. The van der Waals surface area contributed by atoms with Crippen LogP contribution in [0.2, 0.25) is 0 Å². The molecule has 11 heteroatoms. The van der Waals surface area contributed by atoms with Gasteiger partial charge < -0.3 is 9.80 Å². The summed E-state index contributed by atoms with van der Waals surface area (Å²) in [4.78, 5) is 34.2. The van der Waals surface area contributed by atoms with E-state index in [-0.39, 0.29) is 30.3 Å². The van der Waals surface area contributed by atoms with E-state index < -0.39 is 11.9 Å². The number of piperidine rings is 1. The minimum atomic E-state index is -4.54. The van der Waals surface area contributed by atoms with Gasteiger partial charge in [-0.25, -0.2) is 4.98 Å². The van der Waals surface area contributed by atoms with Crippen LogP contribution in [0.5, 0.6) is 0 Å². The van der Waals surface area contributed by atoms with Gasteiger partial charge >= 0.3 is 6.18 Å². The Bertz CT molecular complexity index is 1340. The summed E-state index contributed by atoms with van der Waals surface area (Å²) in [5.41, 5.74) is 2.22. The number of benzene rings is 1. The molecule has 3 aromatic rings. The molecule has 3 heterocycles. The molecule has 0 radical (unpaired) electrons. The van der Waals surface area contributed by atoms with Crippen LogP contribution in [0.4, 0.5) is 13.2 Å². The first kappa shape index (κ1) is 26.4. The van der Waals surface area contributed by atoms with Crippen LogP contribution in [0, 0.1) is 12.8 Å². The number of amides is 2. The van der Waals surface area contributed by atoms with Crippen molar-refractivity contribution in [2.24, 2.45) is 5.92 Å². The third kappa shape index (κ3) is 5.08. The van der Waals surface area contributed by atoms with Crippen LogP contribution in [0.15, 0.2) is 35.7 Å². The minimum absolute atomic E-state index is 0.0173. The molecule has 5 rings (SSSR count). The van der Waals surface area contributed by atoms with Crippen molar-refractivity contribution in [1.29, 1.82) is 0 Å². The number of carbonyl (C=O) groups excluding carboxylic acids is 2. The average Bonchev–Trinajstić information content (AvgIpc) is 3.60. The number of halogens is 3. The Hall–Kier alpha value is -3.21. The number of hydrogen-bond acceptors (Lipinski definition) is 5. The second-order valence-electron chi connectivity index (χ2n) is 10.3. The van der Waals surface area contributed by atoms with Gasteiger partial charge in [-0.05, 0) is 49.3 Å². The van der Waals surface area contributed by atoms with Crippen LogP contribution < -0.4 is 0 Å². The SMILES string of the molecule is Cc1cc(C(F)(F)F)nn1CC(=O)N1CCC(c2nc(C(=O)N(C)C3c4ccccc4CC3C)cs2)CC1. The predicted molar refractivity (Wildman–Crippen MR) is 137 cm³/mol. The first-order chi connectivity index (χ1) is 18.0. The average molecular weight is 546 g/mol. The second kappa shape index (κ2) is 10.2. The predicted octanol–water partition coefficient (Wildman–Crippen LogP) is 5.08. The lowest BCUT2D eigenvalue weighted by atomic mass is 9.97. The van der Waals surface area contributed by atoms with Gasteiger partial charge in [0.25, 0.3) is 5.91 Å². The molecule has 7 nitrogen and oxygen atoms in total. The van der Waals surface area contributed by atoms with Gasteiger partial charge in [0.05, 0.1) is 11.0 Å². The van der Waals surface area contributed by atoms with Crippen molar-refractivity contribution in [1.82, 2.24) is 24.6 Å². The largest absolute Gasteiger partial charge is 0.435 e. The number of rotatable bonds is 5. The van der Waals surface area contributed by atoms with Gasteiger partial charge in [-0.2, -0.15) is 18.3 Å². The van der Waals surface area contributed by atoms with Gasteiger partial charge in [0, 0.05) is 37.1 Å². The molecule has 0 spiro atoms. The highest BCUT2D eigenvalue weighted by Crippen LogP contribution is 2.40. The monoisotopic (exact) mass is 545 g/mol. The molecule has 1 aliphatic heterocycles. The quantitative estimate of drug-likeness (QED) is 0.449. The van der Waals surface area contributed by atoms with Crippen LogP contribution in [-0.2, 0) is 23.9 Å². The van der Waals surface area contributed by atoms with Crippen LogP contribution in [0.25, 0.3) is 0 Å². The highest BCUT2D eigenvalue weighted by molar-refractivity contribution is 7.09. The zero-order chi connectivity index (χ0) is 27.2. The Kier molecular flexibility index (Phi) is 7.06. The molecule has 1 fully saturated rings. The number of aryl methyl sites for hydroxylation is 1. The molecule has 2 unspecified atom stereocenters. The summed E-state index contributed by atoms with van der Waals surface area (Å²) in [7, 11) is 1.84. The van der Waals surface area contributed by atoms with Crippen LogP contribution >= 0.6 is 11.3 Å². The number of thiazole rings is 1. The lowest BCUT2D eigenvalue weighted by molar-refractivity contribution is -0.142. The van der Waals surface area contributed by atoms with Gasteiger partial charge in [0.1, 0.15) is 12.2 Å². The molecule has 1 saturated heterocycles. The Balaban J connectivity index is 1.18. The van der Waals surface area contributed by atoms with E-state index in [9.17, 15) is 22.8 Å². The van der Waals surface area contributed by atoms with Crippen LogP contribution in [0.1, 0.15) is 69.7 Å². The van der Waals surface area contributed by atoms with Crippen molar-refractivity contribution in [2.45, 2.75) is 57.8 Å². The van der Waals surface area contributed by atoms with Gasteiger partial charge in [0.15, 0.2) is 5.69 Å². The van der Waals surface area contributed by atoms with Crippen molar-refractivity contribution >= 4 is 23.2 Å². The van der Waals surface area contributed by atoms with Crippen molar-refractivity contribution in [3.05, 3.63) is 68.9 Å². The summed E-state index contributed by atoms with van der Waals surface area (Å²) >= 11 is 1.47. The Morgan fingerprint density at radius 1 is 1.18 bits per heavy atom. The summed E-state index contributed by atoms with van der Waals surface area (Å²) in [5.74, 6) is 0.102. The van der Waals surface area contributed by atoms with E-state index in [0.717, 1.165) is 22.2 Å². The topological polar surface area (TPSA) is 71.3 Å². The molecule has 2 aliphatic rings. The summed E-state index contributed by atoms with van der Waals surface area (Å²) in [6.45, 7) is 4.41. The first-order valence-corrected chi connectivity index (χ1v) is 13.6. The van der Waals surface area contributed by atoms with E-state index in [4.69, 9.17) is 0 Å². The van der Waals surface area contributed by atoms with Gasteiger partial charge in [-0.15, -0.1) is 11.3 Å². The minimum Gasteiger partial charge on any atom is -0.341 e. The standard InChI is InChI=1S/C27H30F3N5O2S/c1-16-12-19-6-4-5-7-20(19)24(16)33(3)26(37)21-15-38-25(31-21)18-8-10-34(11-9-18)23(36)14-35-17(2)13-22(32-35)27(28,29)30/h4-7,13,15-16,18,24H,8-12,14H2,1-3H3. The Morgan fingerprint density at radius 3 is 2.58 bits per heavy atom. The number of carbonyl (C=O) groups is 2. The smallest absolute Gasteiger partial charge is 0.341 e. The molecule has 202 valence electrons. The molecule has 0 N–H and O–H groups in total. The van der Waals surface area contributed by atoms with Crippen molar-refractivity contribution < 1.29 is 22.8 Å². The fraction of sp³-hybridized carbons (Fsp3) is 0.481. The highest BCUT2D eigenvalue weighted by atomic mass is 32.1. The molecular weight excluding hydrogens is 515 g/mol. The Morgan fingerprint density at radius 2 is 1.89 bits per heavy atom. The maximum atomic E-state index is 13.3. The Labute approximate surface area is 223 Å². The third-order valence-corrected chi connectivity index (χ3v) is 8.69. The van der Waals surface area contributed by atoms with Crippen LogP contribution in [0.3, 0.4) is 0 Å². The molecular formula is C27H30F3N5O2S. The zero-order valence-corrected chi connectivity index (χ0v) is 22.3. The number of fused-ring (bicyclic) bond motifs is 1. The third-order valence-electron chi connectivity index (χ3n) is 7.69. The molecule has 2 aromatic heterocycles. The summed E-state index contributed by atoms with van der Waals surface area (Å²) in [5, 5.41) is 6.25. The number of nitrogens with zero attached hydrogens (tertiary/aromatic N) is 5. The van der Waals surface area contributed by atoms with E-state index in [1.54, 1.807) is 9.80 Å². The van der Waals surface area contributed by atoms with Crippen LogP contribution in [-0.4, -0.2) is 56.5 Å². The zero-order valence-electron chi connectivity index (χ0n) is 21.5. The van der Waals surface area contributed by atoms with E-state index >= 15 is 0 Å². The summed E-state index contributed by atoms with van der Waals surface area (Å²) in [6, 6.07) is 9.23. The summed E-state index contributed by atoms with van der Waals surface area (Å²) in [6.07, 6.45) is -2.23. The molecule has 2 amide bonds. The molecule has 38 heavy (non-hydrogen) atoms. The molecule has 0 saturated carbocycles. The van der Waals surface area contributed by atoms with Gasteiger partial charge in [0.2, 0.25) is 5.91 Å². The maximum Gasteiger partial charge on any atom is 0.435 e. The van der Waals surface area contributed by atoms with Gasteiger partial charge in [-0.3, -0.25) is 14.3 Å². The first-order valence-electron chi connectivity index (χ1n) is 12.7. The highest BCUT2D eigenvalue weighted by Gasteiger charge is 2.36. The van der Waals surface area contributed by atoms with E-state index in [2.05, 4.69) is 29.1 Å². The van der Waals surface area contributed by atoms with E-state index in [0.29, 0.717) is 43.2 Å². The second-order valence-corrected chi connectivity index (χ2v) is 11.2. The summed E-state index contributed by atoms with van der Waals surface area (Å²) < 4.78 is 39.9. The molecule has 0 bridgehead atoms. The number of likely N-dealkylation sites (tertiary alicyclic amines) is 1.